The van der Waals surface area contributed by atoms with Gasteiger partial charge in [-0.15, -0.1) is 0 Å². The van der Waals surface area contributed by atoms with E-state index in [1.807, 2.05) is 32.9 Å². The van der Waals surface area contributed by atoms with Crippen LogP contribution < -0.4 is 9.47 Å². The Morgan fingerprint density at radius 2 is 1.76 bits per heavy atom. The lowest BCUT2D eigenvalue weighted by Gasteiger charge is -2.32. The highest BCUT2D eigenvalue weighted by atomic mass is 16.6. The van der Waals surface area contributed by atoms with E-state index in [2.05, 4.69) is 48.2 Å². The van der Waals surface area contributed by atoms with Gasteiger partial charge in [-0.2, -0.15) is 0 Å². The first-order valence-corrected chi connectivity index (χ1v) is 12.5. The first kappa shape index (κ1) is 24.6. The fraction of sp³-hybridized carbons (Fsp3) is 0.552. The number of benzene rings is 2. The molecule has 2 atom stereocenters. The van der Waals surface area contributed by atoms with E-state index in [1.165, 1.54) is 18.4 Å². The highest BCUT2D eigenvalue weighted by Crippen LogP contribution is 2.47. The lowest BCUT2D eigenvalue weighted by atomic mass is 9.76. The van der Waals surface area contributed by atoms with Crippen molar-refractivity contribution < 1.29 is 19.0 Å². The van der Waals surface area contributed by atoms with Crippen LogP contribution in [0.15, 0.2) is 48.5 Å². The number of ether oxygens (including phenoxy) is 3. The zero-order valence-electron chi connectivity index (χ0n) is 21.3. The SMILES string of the molecule is COc1ccc([C@@H]2CN(Cc3ccccc3)CC2(C)C(=O)OC(C)(C)C)cc1OC1CCCC1. The molecule has 2 aliphatic rings. The normalized spacial score (nSPS) is 23.7. The Balaban J connectivity index is 1.65. The third-order valence-electron chi connectivity index (χ3n) is 7.06. The molecule has 1 unspecified atom stereocenters. The minimum absolute atomic E-state index is 0.0112. The second-order valence-electron chi connectivity index (χ2n) is 11.1. The lowest BCUT2D eigenvalue weighted by Crippen LogP contribution is -2.40. The molecule has 0 amide bonds. The van der Waals surface area contributed by atoms with E-state index < -0.39 is 11.0 Å². The molecule has 0 N–H and O–H groups in total. The first-order chi connectivity index (χ1) is 16.2. The van der Waals surface area contributed by atoms with Crippen LogP contribution in [0.4, 0.5) is 0 Å². The van der Waals surface area contributed by atoms with E-state index in [4.69, 9.17) is 14.2 Å². The smallest absolute Gasteiger partial charge is 0.314 e. The van der Waals surface area contributed by atoms with Gasteiger partial charge in [-0.3, -0.25) is 9.69 Å². The van der Waals surface area contributed by atoms with Crippen molar-refractivity contribution in [2.45, 2.75) is 77.5 Å². The van der Waals surface area contributed by atoms with Gasteiger partial charge in [0.05, 0.1) is 18.6 Å². The minimum atomic E-state index is -0.665. The quantitative estimate of drug-likeness (QED) is 0.472. The maximum Gasteiger partial charge on any atom is 0.314 e. The molecule has 1 saturated carbocycles. The number of carbonyl (C=O) groups is 1. The molecular formula is C29H39NO4. The van der Waals surface area contributed by atoms with Crippen molar-refractivity contribution >= 4 is 5.97 Å². The fourth-order valence-electron chi connectivity index (χ4n) is 5.32. The molecule has 1 heterocycles. The van der Waals surface area contributed by atoms with Crippen LogP contribution in [0.5, 0.6) is 11.5 Å². The Morgan fingerprint density at radius 3 is 2.41 bits per heavy atom. The Hall–Kier alpha value is -2.53. The molecule has 2 fully saturated rings. The second kappa shape index (κ2) is 9.99. The average Bonchev–Trinajstić information content (AvgIpc) is 3.41. The molecule has 1 aliphatic heterocycles. The predicted octanol–water partition coefficient (Wildman–Crippen LogP) is 5.96. The lowest BCUT2D eigenvalue weighted by molar-refractivity contribution is -0.166. The maximum atomic E-state index is 13.5. The predicted molar refractivity (Wildman–Crippen MR) is 134 cm³/mol. The van der Waals surface area contributed by atoms with E-state index in [1.54, 1.807) is 7.11 Å². The Labute approximate surface area is 204 Å². The molecule has 34 heavy (non-hydrogen) atoms. The van der Waals surface area contributed by atoms with Gasteiger partial charge < -0.3 is 14.2 Å². The van der Waals surface area contributed by atoms with Gasteiger partial charge in [-0.1, -0.05) is 36.4 Å². The molecular weight excluding hydrogens is 426 g/mol. The molecule has 2 aromatic rings. The van der Waals surface area contributed by atoms with Crippen LogP contribution in [0.1, 0.15) is 70.4 Å². The van der Waals surface area contributed by atoms with Crippen LogP contribution in [0, 0.1) is 5.41 Å². The summed E-state index contributed by atoms with van der Waals surface area (Å²) in [6.07, 6.45) is 4.81. The van der Waals surface area contributed by atoms with Gasteiger partial charge in [0, 0.05) is 25.6 Å². The largest absolute Gasteiger partial charge is 0.493 e. The molecule has 1 aliphatic carbocycles. The number of rotatable bonds is 7. The van der Waals surface area contributed by atoms with Crippen LogP contribution in [-0.2, 0) is 16.1 Å². The first-order valence-electron chi connectivity index (χ1n) is 12.5. The zero-order chi connectivity index (χ0) is 24.3. The summed E-state index contributed by atoms with van der Waals surface area (Å²) in [7, 11) is 1.68. The highest BCUT2D eigenvalue weighted by molar-refractivity contribution is 5.79. The van der Waals surface area contributed by atoms with Crippen molar-refractivity contribution in [2.75, 3.05) is 20.2 Å². The molecule has 2 aromatic carbocycles. The minimum Gasteiger partial charge on any atom is -0.493 e. The van der Waals surface area contributed by atoms with E-state index in [0.29, 0.717) is 6.54 Å². The van der Waals surface area contributed by atoms with Crippen LogP contribution in [0.3, 0.4) is 0 Å². The summed E-state index contributed by atoms with van der Waals surface area (Å²) in [5.74, 6) is 1.37. The summed E-state index contributed by atoms with van der Waals surface area (Å²) in [5, 5.41) is 0. The third kappa shape index (κ3) is 5.57. The summed E-state index contributed by atoms with van der Waals surface area (Å²) in [5.41, 5.74) is 1.14. The summed E-state index contributed by atoms with van der Waals surface area (Å²) in [6, 6.07) is 16.6. The number of esters is 1. The second-order valence-corrected chi connectivity index (χ2v) is 11.1. The van der Waals surface area contributed by atoms with Gasteiger partial charge in [-0.25, -0.2) is 0 Å². The van der Waals surface area contributed by atoms with Crippen molar-refractivity contribution in [1.82, 2.24) is 4.90 Å². The standard InChI is InChI=1S/C29H39NO4/c1-28(2,3)34-27(31)29(4)20-30(18-21-11-7-6-8-12-21)19-24(29)22-15-16-25(32-5)26(17-22)33-23-13-9-10-14-23/h6-8,11-12,15-17,23-24H,9-10,13-14,18-20H2,1-5H3/t24-,29?/m0/s1. The number of hydrogen-bond acceptors (Lipinski definition) is 5. The van der Waals surface area contributed by atoms with Crippen LogP contribution in [0.25, 0.3) is 0 Å². The molecule has 5 heteroatoms. The van der Waals surface area contributed by atoms with Gasteiger partial charge in [0.15, 0.2) is 11.5 Å². The van der Waals surface area contributed by atoms with Crippen molar-refractivity contribution in [3.63, 3.8) is 0 Å². The van der Waals surface area contributed by atoms with Gasteiger partial charge in [0.1, 0.15) is 5.60 Å². The Bertz CT molecular complexity index is 977. The number of hydrogen-bond donors (Lipinski definition) is 0. The summed E-state index contributed by atoms with van der Waals surface area (Å²) >= 11 is 0. The number of carbonyl (C=O) groups excluding carboxylic acids is 1. The van der Waals surface area contributed by atoms with E-state index in [0.717, 1.165) is 43.0 Å². The van der Waals surface area contributed by atoms with Gasteiger partial charge in [0.2, 0.25) is 0 Å². The molecule has 5 nitrogen and oxygen atoms in total. The van der Waals surface area contributed by atoms with Crippen molar-refractivity contribution in [2.24, 2.45) is 5.41 Å². The van der Waals surface area contributed by atoms with Gasteiger partial charge in [-0.05, 0) is 76.6 Å². The number of nitrogens with zero attached hydrogens (tertiary/aromatic N) is 1. The van der Waals surface area contributed by atoms with Crippen LogP contribution >= 0.6 is 0 Å². The van der Waals surface area contributed by atoms with E-state index >= 15 is 0 Å². The summed E-state index contributed by atoms with van der Waals surface area (Å²) in [6.45, 7) is 10.1. The molecule has 184 valence electrons. The molecule has 1 saturated heterocycles. The van der Waals surface area contributed by atoms with Crippen LogP contribution in [-0.4, -0.2) is 42.8 Å². The molecule has 0 radical (unpaired) electrons. The Kier molecular flexibility index (Phi) is 7.22. The summed E-state index contributed by atoms with van der Waals surface area (Å²) in [4.78, 5) is 15.9. The molecule has 4 rings (SSSR count). The van der Waals surface area contributed by atoms with Crippen molar-refractivity contribution in [3.8, 4) is 11.5 Å². The fourth-order valence-corrected chi connectivity index (χ4v) is 5.32. The Morgan fingerprint density at radius 1 is 1.06 bits per heavy atom. The van der Waals surface area contributed by atoms with E-state index in [-0.39, 0.29) is 18.0 Å². The van der Waals surface area contributed by atoms with Gasteiger partial charge in [0.25, 0.3) is 0 Å². The van der Waals surface area contributed by atoms with Crippen molar-refractivity contribution in [1.29, 1.82) is 0 Å². The zero-order valence-corrected chi connectivity index (χ0v) is 21.3. The topological polar surface area (TPSA) is 48.0 Å². The molecule has 0 spiro atoms. The van der Waals surface area contributed by atoms with Crippen LogP contribution in [0.2, 0.25) is 0 Å². The van der Waals surface area contributed by atoms with E-state index in [9.17, 15) is 4.79 Å². The molecule has 0 bridgehead atoms. The monoisotopic (exact) mass is 465 g/mol. The average molecular weight is 466 g/mol. The van der Waals surface area contributed by atoms with Crippen molar-refractivity contribution in [3.05, 3.63) is 59.7 Å². The number of likely N-dealkylation sites (tertiary alicyclic amines) is 1. The maximum absolute atomic E-state index is 13.5. The third-order valence-corrected chi connectivity index (χ3v) is 7.06. The summed E-state index contributed by atoms with van der Waals surface area (Å²) < 4.78 is 17.9. The van der Waals surface area contributed by atoms with Gasteiger partial charge >= 0.3 is 5.97 Å². The highest BCUT2D eigenvalue weighted by Gasteiger charge is 2.51. The number of methoxy groups -OCH3 is 1. The molecule has 0 aromatic heterocycles.